The molecule has 0 aromatic heterocycles. The molecule has 0 atom stereocenters. The quantitative estimate of drug-likeness (QED) is 0.510. The molecule has 0 heterocycles. The van der Waals surface area contributed by atoms with Crippen LogP contribution in [-0.2, 0) is 0 Å². The molecule has 0 aliphatic carbocycles. The van der Waals surface area contributed by atoms with Crippen molar-refractivity contribution >= 4 is 11.4 Å². The highest BCUT2D eigenvalue weighted by Crippen LogP contribution is 2.45. The Hall–Kier alpha value is -3.54. The Labute approximate surface area is 144 Å². The molecule has 0 radical (unpaired) electrons. The van der Waals surface area contributed by atoms with Crippen LogP contribution in [0.3, 0.4) is 0 Å². The van der Waals surface area contributed by atoms with Crippen LogP contribution in [0.1, 0.15) is 5.56 Å². The van der Waals surface area contributed by atoms with Gasteiger partial charge >= 0.3 is 0 Å². The van der Waals surface area contributed by atoms with E-state index in [0.29, 0.717) is 5.56 Å². The maximum absolute atomic E-state index is 10.5. The van der Waals surface area contributed by atoms with Gasteiger partial charge in [-0.2, -0.15) is 0 Å². The molecule has 0 amide bonds. The maximum Gasteiger partial charge on any atom is 0.170 e. The monoisotopic (exact) mass is 336 g/mol. The number of hydrogen-bond donors (Lipinski definition) is 4. The number of nitrogens with zero attached hydrogens (tertiary/aromatic N) is 2. The number of phenols is 4. The summed E-state index contributed by atoms with van der Waals surface area (Å²) in [5.41, 5.74) is 1.93. The van der Waals surface area contributed by atoms with Crippen molar-refractivity contribution in [3.63, 3.8) is 0 Å². The van der Waals surface area contributed by atoms with Crippen LogP contribution < -0.4 is 0 Å². The highest BCUT2D eigenvalue weighted by atomic mass is 16.3. The molecule has 0 unspecified atom stereocenters. The van der Waals surface area contributed by atoms with E-state index < -0.39 is 0 Å². The molecule has 3 aromatic rings. The van der Waals surface area contributed by atoms with Crippen molar-refractivity contribution < 1.29 is 20.4 Å². The number of rotatable bonds is 3. The second kappa shape index (κ2) is 6.52. The molecule has 3 aromatic carbocycles. The first-order valence-corrected chi connectivity index (χ1v) is 7.52. The van der Waals surface area contributed by atoms with E-state index in [1.807, 2.05) is 31.2 Å². The fourth-order valence-corrected chi connectivity index (χ4v) is 2.48. The number of phenolic OH excluding ortho intramolecular Hbond substituents is 4. The van der Waals surface area contributed by atoms with Gasteiger partial charge < -0.3 is 20.4 Å². The minimum atomic E-state index is -0.270. The highest BCUT2D eigenvalue weighted by molar-refractivity contribution is 5.81. The molecule has 0 saturated carbocycles. The molecule has 0 bridgehead atoms. The molecule has 6 heteroatoms. The second-order valence-electron chi connectivity index (χ2n) is 5.49. The Morgan fingerprint density at radius 1 is 0.600 bits per heavy atom. The third-order valence-electron chi connectivity index (χ3n) is 3.81. The van der Waals surface area contributed by atoms with Crippen molar-refractivity contribution in [2.24, 2.45) is 10.2 Å². The van der Waals surface area contributed by atoms with Crippen molar-refractivity contribution in [1.82, 2.24) is 0 Å². The Bertz CT molecular complexity index is 947. The lowest BCUT2D eigenvalue weighted by atomic mass is 9.99. The van der Waals surface area contributed by atoms with Gasteiger partial charge in [0.15, 0.2) is 17.1 Å². The Morgan fingerprint density at radius 3 is 1.88 bits per heavy atom. The van der Waals surface area contributed by atoms with E-state index in [0.717, 1.165) is 11.1 Å². The van der Waals surface area contributed by atoms with E-state index in [1.54, 1.807) is 6.07 Å². The van der Waals surface area contributed by atoms with Crippen LogP contribution in [-0.4, -0.2) is 20.4 Å². The van der Waals surface area contributed by atoms with E-state index in [9.17, 15) is 20.4 Å². The number of azo groups is 1. The van der Waals surface area contributed by atoms with Gasteiger partial charge in [0.25, 0.3) is 0 Å². The number of aryl methyl sites for hydroxylation is 1. The zero-order valence-electron chi connectivity index (χ0n) is 13.4. The lowest BCUT2D eigenvalue weighted by molar-refractivity contribution is 0.449. The maximum atomic E-state index is 10.5. The van der Waals surface area contributed by atoms with E-state index in [4.69, 9.17) is 0 Å². The van der Waals surface area contributed by atoms with Crippen LogP contribution >= 0.6 is 0 Å². The summed E-state index contributed by atoms with van der Waals surface area (Å²) < 4.78 is 0. The summed E-state index contributed by atoms with van der Waals surface area (Å²) in [7, 11) is 0. The first-order valence-electron chi connectivity index (χ1n) is 7.52. The Morgan fingerprint density at radius 2 is 1.20 bits per heavy atom. The fraction of sp³-hybridized carbons (Fsp3) is 0.0526. The third kappa shape index (κ3) is 3.10. The predicted molar refractivity (Wildman–Crippen MR) is 93.9 cm³/mol. The molecule has 0 fully saturated rings. The van der Waals surface area contributed by atoms with Gasteiger partial charge in [0.05, 0.1) is 0 Å². The summed E-state index contributed by atoms with van der Waals surface area (Å²) in [6, 6.07) is 14.6. The summed E-state index contributed by atoms with van der Waals surface area (Å²) in [5, 5.41) is 47.6. The van der Waals surface area contributed by atoms with E-state index >= 15 is 0 Å². The zero-order chi connectivity index (χ0) is 18.0. The van der Waals surface area contributed by atoms with Crippen LogP contribution in [0.5, 0.6) is 23.0 Å². The summed E-state index contributed by atoms with van der Waals surface area (Å²) in [6.07, 6.45) is 0. The standard InChI is InChI=1S/C19H16N2O4/c1-11-5-2-3-6-12(11)13-9-10-16(24)18(19(13)25)21-20-17-14(22)7-4-8-15(17)23/h2-10,22-25H,1H3. The highest BCUT2D eigenvalue weighted by Gasteiger charge is 2.15. The molecule has 0 saturated heterocycles. The molecule has 6 nitrogen and oxygen atoms in total. The minimum absolute atomic E-state index is 0.150. The molecule has 4 N–H and O–H groups in total. The van der Waals surface area contributed by atoms with Gasteiger partial charge in [-0.3, -0.25) is 0 Å². The second-order valence-corrected chi connectivity index (χ2v) is 5.49. The average Bonchev–Trinajstić information content (AvgIpc) is 2.58. The molecule has 126 valence electrons. The molecular weight excluding hydrogens is 320 g/mol. The van der Waals surface area contributed by atoms with Crippen molar-refractivity contribution in [2.75, 3.05) is 0 Å². The topological polar surface area (TPSA) is 106 Å². The van der Waals surface area contributed by atoms with Crippen LogP contribution in [0.15, 0.2) is 64.8 Å². The summed E-state index contributed by atoms with van der Waals surface area (Å²) in [6.45, 7) is 1.91. The van der Waals surface area contributed by atoms with Crippen molar-refractivity contribution in [1.29, 1.82) is 0 Å². The third-order valence-corrected chi connectivity index (χ3v) is 3.81. The first kappa shape index (κ1) is 16.3. The van der Waals surface area contributed by atoms with Gasteiger partial charge in [0.2, 0.25) is 0 Å². The van der Waals surface area contributed by atoms with E-state index in [2.05, 4.69) is 10.2 Å². The van der Waals surface area contributed by atoms with Gasteiger partial charge in [-0.15, -0.1) is 10.2 Å². The SMILES string of the molecule is Cc1ccccc1-c1ccc(O)c(N=Nc2c(O)cccc2O)c1O. The van der Waals surface area contributed by atoms with Crippen LogP contribution in [0.25, 0.3) is 11.1 Å². The molecular formula is C19H16N2O4. The predicted octanol–water partition coefficient (Wildman–Crippen LogP) is 4.90. The van der Waals surface area contributed by atoms with Crippen LogP contribution in [0, 0.1) is 6.92 Å². The zero-order valence-corrected chi connectivity index (χ0v) is 13.4. The van der Waals surface area contributed by atoms with Gasteiger partial charge in [0, 0.05) is 5.56 Å². The molecule has 25 heavy (non-hydrogen) atoms. The van der Waals surface area contributed by atoms with E-state index in [1.165, 1.54) is 24.3 Å². The largest absolute Gasteiger partial charge is 0.505 e. The number of hydrogen-bond acceptors (Lipinski definition) is 6. The van der Waals surface area contributed by atoms with Crippen LogP contribution in [0.2, 0.25) is 0 Å². The fourth-order valence-electron chi connectivity index (χ4n) is 2.48. The molecule has 0 spiro atoms. The molecule has 3 rings (SSSR count). The lowest BCUT2D eigenvalue weighted by Crippen LogP contribution is -1.84. The Balaban J connectivity index is 2.10. The first-order chi connectivity index (χ1) is 12.0. The summed E-state index contributed by atoms with van der Waals surface area (Å²) in [4.78, 5) is 0. The molecule has 0 aliphatic rings. The summed E-state index contributed by atoms with van der Waals surface area (Å²) in [5.74, 6) is -1.04. The molecule has 0 aliphatic heterocycles. The number of benzene rings is 3. The lowest BCUT2D eigenvalue weighted by Gasteiger charge is -2.10. The van der Waals surface area contributed by atoms with Gasteiger partial charge in [-0.25, -0.2) is 0 Å². The van der Waals surface area contributed by atoms with Gasteiger partial charge in [-0.05, 0) is 42.3 Å². The van der Waals surface area contributed by atoms with Gasteiger partial charge in [-0.1, -0.05) is 30.3 Å². The van der Waals surface area contributed by atoms with Gasteiger partial charge in [0.1, 0.15) is 17.2 Å². The Kier molecular flexibility index (Phi) is 4.26. The number of aromatic hydroxyl groups is 4. The van der Waals surface area contributed by atoms with Crippen molar-refractivity contribution in [3.05, 3.63) is 60.2 Å². The average molecular weight is 336 g/mol. The minimum Gasteiger partial charge on any atom is -0.505 e. The normalized spacial score (nSPS) is 11.1. The smallest absolute Gasteiger partial charge is 0.170 e. The van der Waals surface area contributed by atoms with Crippen molar-refractivity contribution in [3.8, 4) is 34.1 Å². The van der Waals surface area contributed by atoms with Crippen LogP contribution in [0.4, 0.5) is 11.4 Å². The van der Waals surface area contributed by atoms with E-state index in [-0.39, 0.29) is 34.4 Å². The van der Waals surface area contributed by atoms with Crippen molar-refractivity contribution in [2.45, 2.75) is 6.92 Å². The summed E-state index contributed by atoms with van der Waals surface area (Å²) >= 11 is 0.